The van der Waals surface area contributed by atoms with Gasteiger partial charge < -0.3 is 4.89 Å². The van der Waals surface area contributed by atoms with Crippen LogP contribution in [-0.2, 0) is 9.09 Å². The molecule has 0 saturated heterocycles. The number of hydrogen-bond acceptors (Lipinski definition) is 3. The van der Waals surface area contributed by atoms with Crippen LogP contribution in [0.2, 0.25) is 0 Å². The van der Waals surface area contributed by atoms with Crippen LogP contribution in [-0.4, -0.2) is 6.61 Å². The second-order valence-electron chi connectivity index (χ2n) is 5.99. The normalized spacial score (nSPS) is 11.7. The summed E-state index contributed by atoms with van der Waals surface area (Å²) in [5.41, 5.74) is 0. The van der Waals surface area contributed by atoms with Crippen LogP contribution in [0.3, 0.4) is 0 Å². The first-order valence-electron chi connectivity index (χ1n) is 9.19. The maximum Gasteiger partial charge on any atom is 1.00 e. The smallest absolute Gasteiger partial charge is 0.566 e. The first kappa shape index (κ1) is 26.6. The van der Waals surface area contributed by atoms with E-state index >= 15 is 0 Å². The minimum Gasteiger partial charge on any atom is -0.566 e. The molecule has 0 aromatic carbocycles. The molecule has 130 valence electrons. The molecule has 0 aliphatic heterocycles. The molecule has 0 aromatic heterocycles. The molecule has 0 N–H and O–H groups in total. The molecule has 0 spiro atoms. The van der Waals surface area contributed by atoms with Crippen LogP contribution < -0.4 is 56.3 Å². The molecule has 0 radical (unpaired) electrons. The van der Waals surface area contributed by atoms with Crippen LogP contribution in [0.5, 0.6) is 0 Å². The van der Waals surface area contributed by atoms with E-state index in [-0.39, 0.29) is 51.4 Å². The Morgan fingerprint density at radius 1 is 0.783 bits per heavy atom. The summed E-state index contributed by atoms with van der Waals surface area (Å²) in [4.78, 5) is 10.2. The SMILES string of the molecule is CCCCCCCCC=CCCCCCCCCO[P+](=O)[O-].[K+]. The summed E-state index contributed by atoms with van der Waals surface area (Å²) in [7, 11) is -2.65. The first-order chi connectivity index (χ1) is 10.8. The van der Waals surface area contributed by atoms with Crippen molar-refractivity contribution < 1.29 is 65.4 Å². The molecule has 0 bridgehead atoms. The fourth-order valence-corrected chi connectivity index (χ4v) is 2.77. The molecule has 1 atom stereocenters. The predicted molar refractivity (Wildman–Crippen MR) is 93.0 cm³/mol. The van der Waals surface area contributed by atoms with Gasteiger partial charge in [0, 0.05) is 0 Å². The largest absolute Gasteiger partial charge is 1.00 e. The van der Waals surface area contributed by atoms with Crippen LogP contribution in [0, 0.1) is 0 Å². The fourth-order valence-electron chi connectivity index (χ4n) is 2.49. The van der Waals surface area contributed by atoms with Gasteiger partial charge in [-0.2, -0.15) is 0 Å². The summed E-state index contributed by atoms with van der Waals surface area (Å²) in [6, 6.07) is 0. The molecule has 0 saturated carbocycles. The third kappa shape index (κ3) is 25.7. The first-order valence-corrected chi connectivity index (χ1v) is 10.3. The van der Waals surface area contributed by atoms with Crippen molar-refractivity contribution in [2.45, 2.75) is 96.8 Å². The van der Waals surface area contributed by atoms with Crippen LogP contribution in [0.15, 0.2) is 12.2 Å². The van der Waals surface area contributed by atoms with E-state index in [0.29, 0.717) is 6.61 Å². The average Bonchev–Trinajstić information content (AvgIpc) is 2.50. The van der Waals surface area contributed by atoms with Gasteiger partial charge in [0.15, 0.2) is 0 Å². The summed E-state index contributed by atoms with van der Waals surface area (Å²) in [6.45, 7) is 2.61. The quantitative estimate of drug-likeness (QED) is 0.171. The molecule has 1 unspecified atom stereocenters. The minimum absolute atomic E-state index is 0. The van der Waals surface area contributed by atoms with E-state index in [9.17, 15) is 9.46 Å². The van der Waals surface area contributed by atoms with Crippen LogP contribution in [0.25, 0.3) is 0 Å². The molecule has 0 aliphatic rings. The molecule has 23 heavy (non-hydrogen) atoms. The Labute approximate surface area is 187 Å². The van der Waals surface area contributed by atoms with Crippen molar-refractivity contribution in [1.82, 2.24) is 0 Å². The summed E-state index contributed by atoms with van der Waals surface area (Å²) in [5.74, 6) is 0. The van der Waals surface area contributed by atoms with E-state index in [1.165, 1.54) is 77.0 Å². The number of rotatable bonds is 17. The zero-order valence-corrected chi connectivity index (χ0v) is 19.5. The van der Waals surface area contributed by atoms with Crippen molar-refractivity contribution >= 4 is 8.25 Å². The Balaban J connectivity index is 0. The second-order valence-corrected chi connectivity index (χ2v) is 6.70. The zero-order valence-electron chi connectivity index (χ0n) is 15.4. The second kappa shape index (κ2) is 23.4. The molecule has 0 aromatic rings. The van der Waals surface area contributed by atoms with E-state index in [4.69, 9.17) is 0 Å². The van der Waals surface area contributed by atoms with Gasteiger partial charge in [-0.15, -0.1) is 4.52 Å². The summed E-state index contributed by atoms with van der Waals surface area (Å²) >= 11 is 0. The molecule has 0 rings (SSSR count). The number of allylic oxidation sites excluding steroid dienone is 2. The van der Waals surface area contributed by atoms with Gasteiger partial charge in [-0.1, -0.05) is 76.9 Å². The van der Waals surface area contributed by atoms with Gasteiger partial charge in [-0.3, -0.25) is 0 Å². The number of unbranched alkanes of at least 4 members (excludes halogenated alkanes) is 12. The Morgan fingerprint density at radius 2 is 1.22 bits per heavy atom. The van der Waals surface area contributed by atoms with E-state index < -0.39 is 8.25 Å². The summed E-state index contributed by atoms with van der Waals surface area (Å²) in [6.07, 6.45) is 22.3. The third-order valence-electron chi connectivity index (χ3n) is 3.85. The average molecular weight is 370 g/mol. The molecule has 0 fully saturated rings. The Morgan fingerprint density at radius 3 is 1.70 bits per heavy atom. The van der Waals surface area contributed by atoms with Gasteiger partial charge >= 0.3 is 59.6 Å². The van der Waals surface area contributed by atoms with Crippen LogP contribution in [0.4, 0.5) is 0 Å². The molecule has 0 aliphatic carbocycles. The van der Waals surface area contributed by atoms with Gasteiger partial charge in [0.2, 0.25) is 0 Å². The molecular formula is C18H35KO3P+. The Hall–Kier alpha value is 1.40. The van der Waals surface area contributed by atoms with Gasteiger partial charge in [0.1, 0.15) is 6.61 Å². The van der Waals surface area contributed by atoms with E-state index in [1.807, 2.05) is 0 Å². The van der Waals surface area contributed by atoms with Gasteiger partial charge in [0.05, 0.1) is 0 Å². The molecule has 0 amide bonds. The zero-order chi connectivity index (χ0) is 16.3. The Kier molecular flexibility index (Phi) is 27.1. The van der Waals surface area contributed by atoms with E-state index in [2.05, 4.69) is 23.6 Å². The fraction of sp³-hybridized carbons (Fsp3) is 0.889. The molecule has 5 heteroatoms. The van der Waals surface area contributed by atoms with Crippen molar-refractivity contribution in [3.63, 3.8) is 0 Å². The van der Waals surface area contributed by atoms with Crippen molar-refractivity contribution in [1.29, 1.82) is 0 Å². The summed E-state index contributed by atoms with van der Waals surface area (Å²) < 4.78 is 14.7. The molecule has 3 nitrogen and oxygen atoms in total. The standard InChI is InChI=1S/C18H35O3P.K/c1-2-3-4-5-6-7-8-9-10-11-12-13-14-15-16-17-18-21-22(19)20;/h9-10H,2-8,11-18H2,1H3;/q;+1. The van der Waals surface area contributed by atoms with Crippen molar-refractivity contribution in [3.05, 3.63) is 12.2 Å². The minimum atomic E-state index is -2.65. The maximum atomic E-state index is 10.2. The van der Waals surface area contributed by atoms with E-state index in [1.54, 1.807) is 0 Å². The monoisotopic (exact) mass is 369 g/mol. The third-order valence-corrected chi connectivity index (χ3v) is 4.25. The predicted octanol–water partition coefficient (Wildman–Crippen LogP) is 3.06. The van der Waals surface area contributed by atoms with Crippen molar-refractivity contribution in [2.75, 3.05) is 6.61 Å². The van der Waals surface area contributed by atoms with E-state index in [0.717, 1.165) is 12.8 Å². The topological polar surface area (TPSA) is 49.4 Å². The van der Waals surface area contributed by atoms with Gasteiger partial charge in [-0.25, -0.2) is 0 Å². The van der Waals surface area contributed by atoms with Crippen LogP contribution >= 0.6 is 8.25 Å². The Bertz CT molecular complexity index is 273. The van der Waals surface area contributed by atoms with Crippen molar-refractivity contribution in [3.8, 4) is 0 Å². The number of hydrogen-bond donors (Lipinski definition) is 0. The molecular weight excluding hydrogens is 334 g/mol. The van der Waals surface area contributed by atoms with Gasteiger partial charge in [-0.05, 0) is 36.7 Å². The van der Waals surface area contributed by atoms with Gasteiger partial charge in [0.25, 0.3) is 0 Å². The maximum absolute atomic E-state index is 10.2. The summed E-state index contributed by atoms with van der Waals surface area (Å²) in [5, 5.41) is 0. The van der Waals surface area contributed by atoms with Crippen molar-refractivity contribution in [2.24, 2.45) is 0 Å². The molecule has 0 heterocycles. The van der Waals surface area contributed by atoms with Crippen LogP contribution in [0.1, 0.15) is 96.8 Å².